The Labute approximate surface area is 143 Å². The maximum absolute atomic E-state index is 12.3. The van der Waals surface area contributed by atoms with Gasteiger partial charge < -0.3 is 9.73 Å². The van der Waals surface area contributed by atoms with Gasteiger partial charge in [-0.25, -0.2) is 0 Å². The standard InChI is InChI=1S/C18H13Cl2NO2/c1-11-5-6-14(20)10-15(11)21-18(22)17-8-7-16(23-17)12-3-2-4-13(19)9-12/h2-10H,1H3,(H,21,22). The van der Waals surface area contributed by atoms with Crippen LogP contribution < -0.4 is 5.32 Å². The summed E-state index contributed by atoms with van der Waals surface area (Å²) in [4.78, 5) is 12.3. The molecular formula is C18H13Cl2NO2. The van der Waals surface area contributed by atoms with Crippen LogP contribution in [0.15, 0.2) is 59.0 Å². The first-order valence-corrected chi connectivity index (χ1v) is 7.72. The number of aryl methyl sites for hydroxylation is 1. The lowest BCUT2D eigenvalue weighted by molar-refractivity contribution is 0.0997. The van der Waals surface area contributed by atoms with Crippen LogP contribution >= 0.6 is 23.2 Å². The third-order valence-electron chi connectivity index (χ3n) is 3.39. The molecule has 0 saturated carbocycles. The van der Waals surface area contributed by atoms with E-state index in [1.165, 1.54) is 0 Å². The fourth-order valence-electron chi connectivity index (χ4n) is 2.17. The Bertz CT molecular complexity index is 871. The minimum Gasteiger partial charge on any atom is -0.451 e. The molecule has 0 spiro atoms. The fraction of sp³-hybridized carbons (Fsp3) is 0.0556. The summed E-state index contributed by atoms with van der Waals surface area (Å²) < 4.78 is 5.63. The lowest BCUT2D eigenvalue weighted by Crippen LogP contribution is -2.11. The van der Waals surface area contributed by atoms with E-state index in [0.717, 1.165) is 11.1 Å². The molecule has 0 saturated heterocycles. The molecule has 1 heterocycles. The Kier molecular flexibility index (Phi) is 4.42. The van der Waals surface area contributed by atoms with Crippen LogP contribution in [0, 0.1) is 6.92 Å². The first kappa shape index (κ1) is 15.7. The molecule has 116 valence electrons. The first-order valence-electron chi connectivity index (χ1n) is 6.96. The van der Waals surface area contributed by atoms with E-state index in [1.54, 1.807) is 36.4 Å². The van der Waals surface area contributed by atoms with E-state index >= 15 is 0 Å². The summed E-state index contributed by atoms with van der Waals surface area (Å²) in [5, 5.41) is 3.97. The molecule has 3 aromatic rings. The molecule has 0 radical (unpaired) electrons. The predicted octanol–water partition coefficient (Wildman–Crippen LogP) is 5.81. The van der Waals surface area contributed by atoms with Crippen LogP contribution in [0.3, 0.4) is 0 Å². The van der Waals surface area contributed by atoms with Crippen LogP contribution in [0.1, 0.15) is 16.1 Å². The third kappa shape index (κ3) is 3.58. The van der Waals surface area contributed by atoms with Gasteiger partial charge in [0.15, 0.2) is 5.76 Å². The van der Waals surface area contributed by atoms with Crippen molar-refractivity contribution in [3.8, 4) is 11.3 Å². The van der Waals surface area contributed by atoms with Gasteiger partial charge in [-0.3, -0.25) is 4.79 Å². The van der Waals surface area contributed by atoms with Crippen molar-refractivity contribution < 1.29 is 9.21 Å². The monoisotopic (exact) mass is 345 g/mol. The number of hydrogen-bond donors (Lipinski definition) is 1. The number of hydrogen-bond acceptors (Lipinski definition) is 2. The van der Waals surface area contributed by atoms with Gasteiger partial charge in [0.05, 0.1) is 0 Å². The van der Waals surface area contributed by atoms with Crippen LogP contribution in [0.25, 0.3) is 11.3 Å². The van der Waals surface area contributed by atoms with Gasteiger partial charge in [0.1, 0.15) is 5.76 Å². The number of nitrogens with one attached hydrogen (secondary N) is 1. The molecule has 1 aromatic heterocycles. The normalized spacial score (nSPS) is 10.6. The van der Waals surface area contributed by atoms with Crippen LogP contribution in [0.5, 0.6) is 0 Å². The molecule has 0 bridgehead atoms. The lowest BCUT2D eigenvalue weighted by Gasteiger charge is -2.07. The van der Waals surface area contributed by atoms with Gasteiger partial charge in [0.25, 0.3) is 5.91 Å². The Morgan fingerprint density at radius 1 is 1.00 bits per heavy atom. The Hall–Kier alpha value is -2.23. The van der Waals surface area contributed by atoms with Crippen LogP contribution in [-0.4, -0.2) is 5.91 Å². The number of carbonyl (C=O) groups excluding carboxylic acids is 1. The molecule has 5 heteroatoms. The van der Waals surface area contributed by atoms with E-state index in [0.29, 0.717) is 21.5 Å². The highest BCUT2D eigenvalue weighted by Crippen LogP contribution is 2.26. The molecule has 0 atom stereocenters. The molecule has 2 aromatic carbocycles. The Balaban J connectivity index is 1.82. The van der Waals surface area contributed by atoms with Gasteiger partial charge in [0.2, 0.25) is 0 Å². The highest BCUT2D eigenvalue weighted by atomic mass is 35.5. The van der Waals surface area contributed by atoms with Gasteiger partial charge in [-0.05, 0) is 48.9 Å². The van der Waals surface area contributed by atoms with Gasteiger partial charge in [-0.15, -0.1) is 0 Å². The number of carbonyl (C=O) groups is 1. The summed E-state index contributed by atoms with van der Waals surface area (Å²) >= 11 is 11.9. The minimum atomic E-state index is -0.330. The number of amides is 1. The van der Waals surface area contributed by atoms with E-state index < -0.39 is 0 Å². The summed E-state index contributed by atoms with van der Waals surface area (Å²) in [5.74, 6) is 0.475. The third-order valence-corrected chi connectivity index (χ3v) is 3.86. The van der Waals surface area contributed by atoms with Crippen molar-refractivity contribution in [2.24, 2.45) is 0 Å². The molecule has 0 aliphatic rings. The zero-order valence-corrected chi connectivity index (χ0v) is 13.8. The van der Waals surface area contributed by atoms with Gasteiger partial charge in [0, 0.05) is 21.3 Å². The van der Waals surface area contributed by atoms with Gasteiger partial charge in [-0.2, -0.15) is 0 Å². The molecule has 0 fully saturated rings. The highest BCUT2D eigenvalue weighted by molar-refractivity contribution is 6.31. The van der Waals surface area contributed by atoms with Crippen molar-refractivity contribution in [1.82, 2.24) is 0 Å². The number of furan rings is 1. The van der Waals surface area contributed by atoms with Crippen molar-refractivity contribution in [3.05, 3.63) is 76.0 Å². The van der Waals surface area contributed by atoms with Crippen molar-refractivity contribution in [1.29, 1.82) is 0 Å². The van der Waals surface area contributed by atoms with E-state index in [4.69, 9.17) is 27.6 Å². The smallest absolute Gasteiger partial charge is 0.291 e. The van der Waals surface area contributed by atoms with Crippen LogP contribution in [-0.2, 0) is 0 Å². The van der Waals surface area contributed by atoms with Crippen molar-refractivity contribution >= 4 is 34.8 Å². The maximum atomic E-state index is 12.3. The minimum absolute atomic E-state index is 0.222. The quantitative estimate of drug-likeness (QED) is 0.650. The zero-order chi connectivity index (χ0) is 16.4. The first-order chi connectivity index (χ1) is 11.0. The second-order valence-electron chi connectivity index (χ2n) is 5.09. The van der Waals surface area contributed by atoms with Gasteiger partial charge in [-0.1, -0.05) is 41.4 Å². The average Bonchev–Trinajstić information content (AvgIpc) is 3.01. The second-order valence-corrected chi connectivity index (χ2v) is 5.96. The van der Waals surface area contributed by atoms with E-state index in [2.05, 4.69) is 5.32 Å². The molecule has 1 amide bonds. The van der Waals surface area contributed by atoms with Gasteiger partial charge >= 0.3 is 0 Å². The van der Waals surface area contributed by atoms with E-state index in [9.17, 15) is 4.79 Å². The molecule has 0 unspecified atom stereocenters. The van der Waals surface area contributed by atoms with Crippen LogP contribution in [0.4, 0.5) is 5.69 Å². The molecule has 23 heavy (non-hydrogen) atoms. The van der Waals surface area contributed by atoms with Crippen LogP contribution in [0.2, 0.25) is 10.0 Å². The number of anilines is 1. The van der Waals surface area contributed by atoms with Crippen molar-refractivity contribution in [2.45, 2.75) is 6.92 Å². The summed E-state index contributed by atoms with van der Waals surface area (Å²) in [7, 11) is 0. The van der Waals surface area contributed by atoms with E-state index in [1.807, 2.05) is 25.1 Å². The molecule has 0 aliphatic heterocycles. The lowest BCUT2D eigenvalue weighted by atomic mass is 10.2. The topological polar surface area (TPSA) is 42.2 Å². The molecular weight excluding hydrogens is 333 g/mol. The summed E-state index contributed by atoms with van der Waals surface area (Å²) in [5.41, 5.74) is 2.39. The Morgan fingerprint density at radius 3 is 2.57 bits per heavy atom. The highest BCUT2D eigenvalue weighted by Gasteiger charge is 2.14. The number of rotatable bonds is 3. The Morgan fingerprint density at radius 2 is 1.78 bits per heavy atom. The molecule has 3 rings (SSSR count). The summed E-state index contributed by atoms with van der Waals surface area (Å²) in [6.07, 6.45) is 0. The molecule has 3 nitrogen and oxygen atoms in total. The van der Waals surface area contributed by atoms with Crippen molar-refractivity contribution in [3.63, 3.8) is 0 Å². The largest absolute Gasteiger partial charge is 0.451 e. The zero-order valence-electron chi connectivity index (χ0n) is 12.3. The number of benzene rings is 2. The maximum Gasteiger partial charge on any atom is 0.291 e. The number of halogens is 2. The fourth-order valence-corrected chi connectivity index (χ4v) is 2.53. The van der Waals surface area contributed by atoms with Crippen molar-refractivity contribution in [2.75, 3.05) is 5.32 Å². The SMILES string of the molecule is Cc1ccc(Cl)cc1NC(=O)c1ccc(-c2cccc(Cl)c2)o1. The summed E-state index contributed by atoms with van der Waals surface area (Å²) in [6.45, 7) is 1.89. The average molecular weight is 346 g/mol. The molecule has 0 aliphatic carbocycles. The second kappa shape index (κ2) is 6.49. The predicted molar refractivity (Wildman–Crippen MR) is 93.3 cm³/mol. The van der Waals surface area contributed by atoms with E-state index in [-0.39, 0.29) is 11.7 Å². The summed E-state index contributed by atoms with van der Waals surface area (Å²) in [6, 6.07) is 16.0. The molecule has 1 N–H and O–H groups in total.